The maximum Gasteiger partial charge on any atom is 0.272 e. The maximum absolute atomic E-state index is 11.7. The standard InChI is InChI=1S/C16H15N3O/c1-13(10-14-6-3-2-4-7-14)11-18-19-16(20)15-8-5-9-17-12-15/h2-12H,1H3,(H,19,20)/b13-10-,18-11+. The quantitative estimate of drug-likeness (QED) is 0.682. The summed E-state index contributed by atoms with van der Waals surface area (Å²) < 4.78 is 0. The predicted octanol–water partition coefficient (Wildman–Crippen LogP) is 2.90. The highest BCUT2D eigenvalue weighted by Gasteiger charge is 2.01. The van der Waals surface area contributed by atoms with Crippen LogP contribution in [0.4, 0.5) is 0 Å². The lowest BCUT2D eigenvalue weighted by atomic mass is 10.1. The predicted molar refractivity (Wildman–Crippen MR) is 80.3 cm³/mol. The first kappa shape index (κ1) is 13.7. The van der Waals surface area contributed by atoms with E-state index in [0.29, 0.717) is 5.56 Å². The van der Waals surface area contributed by atoms with Gasteiger partial charge in [-0.25, -0.2) is 5.43 Å². The molecule has 0 spiro atoms. The van der Waals surface area contributed by atoms with Crippen LogP contribution in [0.15, 0.2) is 65.5 Å². The number of carbonyl (C=O) groups is 1. The van der Waals surface area contributed by atoms with Crippen molar-refractivity contribution in [1.82, 2.24) is 10.4 Å². The van der Waals surface area contributed by atoms with Crippen molar-refractivity contribution in [3.05, 3.63) is 71.6 Å². The van der Waals surface area contributed by atoms with Crippen LogP contribution in [0.3, 0.4) is 0 Å². The van der Waals surface area contributed by atoms with Gasteiger partial charge in [-0.1, -0.05) is 36.4 Å². The zero-order valence-corrected chi connectivity index (χ0v) is 11.2. The van der Waals surface area contributed by atoms with Crippen LogP contribution < -0.4 is 5.43 Å². The van der Waals surface area contributed by atoms with E-state index >= 15 is 0 Å². The van der Waals surface area contributed by atoms with Crippen molar-refractivity contribution in [3.63, 3.8) is 0 Å². The zero-order valence-electron chi connectivity index (χ0n) is 11.2. The second-order valence-electron chi connectivity index (χ2n) is 4.24. The van der Waals surface area contributed by atoms with Gasteiger partial charge in [0.25, 0.3) is 5.91 Å². The molecular weight excluding hydrogens is 250 g/mol. The third-order valence-corrected chi connectivity index (χ3v) is 2.55. The van der Waals surface area contributed by atoms with E-state index in [1.54, 1.807) is 24.5 Å². The minimum absolute atomic E-state index is 0.276. The maximum atomic E-state index is 11.7. The van der Waals surface area contributed by atoms with Crippen molar-refractivity contribution in [3.8, 4) is 0 Å². The summed E-state index contributed by atoms with van der Waals surface area (Å²) in [5, 5.41) is 3.92. The third-order valence-electron chi connectivity index (χ3n) is 2.55. The van der Waals surface area contributed by atoms with E-state index in [0.717, 1.165) is 11.1 Å². The summed E-state index contributed by atoms with van der Waals surface area (Å²) >= 11 is 0. The summed E-state index contributed by atoms with van der Waals surface area (Å²) in [4.78, 5) is 15.6. The molecule has 0 aliphatic carbocycles. The Morgan fingerprint density at radius 2 is 2.00 bits per heavy atom. The summed E-state index contributed by atoms with van der Waals surface area (Å²) in [6.45, 7) is 1.92. The molecule has 0 atom stereocenters. The molecule has 2 aromatic rings. The van der Waals surface area contributed by atoms with E-state index in [-0.39, 0.29) is 5.91 Å². The monoisotopic (exact) mass is 265 g/mol. The van der Waals surface area contributed by atoms with E-state index in [9.17, 15) is 4.79 Å². The van der Waals surface area contributed by atoms with Gasteiger partial charge in [0.15, 0.2) is 0 Å². The lowest BCUT2D eigenvalue weighted by Gasteiger charge is -1.98. The van der Waals surface area contributed by atoms with E-state index in [1.165, 1.54) is 6.20 Å². The molecule has 4 nitrogen and oxygen atoms in total. The fraction of sp³-hybridized carbons (Fsp3) is 0.0625. The molecule has 1 heterocycles. The summed E-state index contributed by atoms with van der Waals surface area (Å²) in [5.74, 6) is -0.276. The lowest BCUT2D eigenvalue weighted by molar-refractivity contribution is 0.0955. The molecule has 0 radical (unpaired) electrons. The molecule has 0 unspecified atom stereocenters. The van der Waals surface area contributed by atoms with E-state index < -0.39 is 0 Å². The Hall–Kier alpha value is -2.75. The van der Waals surface area contributed by atoms with Crippen molar-refractivity contribution < 1.29 is 4.79 Å². The van der Waals surface area contributed by atoms with Crippen LogP contribution in [0.25, 0.3) is 6.08 Å². The SMILES string of the molecule is CC(=C/c1ccccc1)/C=N/NC(=O)c1cccnc1. The Labute approximate surface area is 117 Å². The van der Waals surface area contributed by atoms with Crippen molar-refractivity contribution >= 4 is 18.2 Å². The van der Waals surface area contributed by atoms with Crippen molar-refractivity contribution in [2.45, 2.75) is 6.92 Å². The highest BCUT2D eigenvalue weighted by molar-refractivity contribution is 5.94. The van der Waals surface area contributed by atoms with Crippen LogP contribution in [-0.2, 0) is 0 Å². The summed E-state index contributed by atoms with van der Waals surface area (Å²) in [6.07, 6.45) is 6.71. The molecule has 1 N–H and O–H groups in total. The number of hydrogen-bond donors (Lipinski definition) is 1. The topological polar surface area (TPSA) is 54.4 Å². The van der Waals surface area contributed by atoms with Gasteiger partial charge in [-0.3, -0.25) is 9.78 Å². The molecule has 1 aromatic heterocycles. The number of carbonyl (C=O) groups excluding carboxylic acids is 1. The van der Waals surface area contributed by atoms with Gasteiger partial charge in [-0.05, 0) is 30.2 Å². The van der Waals surface area contributed by atoms with Gasteiger partial charge in [-0.15, -0.1) is 0 Å². The van der Waals surface area contributed by atoms with Crippen LogP contribution in [-0.4, -0.2) is 17.1 Å². The number of aromatic nitrogens is 1. The van der Waals surface area contributed by atoms with Crippen molar-refractivity contribution in [2.75, 3.05) is 0 Å². The Kier molecular flexibility index (Phi) is 4.78. The molecule has 100 valence electrons. The number of nitrogens with one attached hydrogen (secondary N) is 1. The number of allylic oxidation sites excluding steroid dienone is 1. The minimum Gasteiger partial charge on any atom is -0.267 e. The first-order valence-electron chi connectivity index (χ1n) is 6.22. The molecule has 0 aliphatic rings. The summed E-state index contributed by atoms with van der Waals surface area (Å²) in [6, 6.07) is 13.3. The molecule has 1 aromatic carbocycles. The fourth-order valence-corrected chi connectivity index (χ4v) is 1.60. The zero-order chi connectivity index (χ0) is 14.2. The van der Waals surface area contributed by atoms with E-state index in [2.05, 4.69) is 15.5 Å². The number of hydrogen-bond acceptors (Lipinski definition) is 3. The Balaban J connectivity index is 1.94. The van der Waals surface area contributed by atoms with Gasteiger partial charge >= 0.3 is 0 Å². The van der Waals surface area contributed by atoms with Gasteiger partial charge < -0.3 is 0 Å². The fourth-order valence-electron chi connectivity index (χ4n) is 1.60. The molecule has 0 aliphatic heterocycles. The minimum atomic E-state index is -0.276. The van der Waals surface area contributed by atoms with Gasteiger partial charge in [0.1, 0.15) is 0 Å². The smallest absolute Gasteiger partial charge is 0.267 e. The molecule has 2 rings (SSSR count). The number of nitrogens with zero attached hydrogens (tertiary/aromatic N) is 2. The molecule has 0 bridgehead atoms. The normalized spacial score (nSPS) is 11.6. The molecule has 4 heteroatoms. The molecular formula is C16H15N3O. The van der Waals surface area contributed by atoms with Crippen molar-refractivity contribution in [2.24, 2.45) is 5.10 Å². The molecule has 0 saturated carbocycles. The third kappa shape index (κ3) is 4.17. The number of amides is 1. The lowest BCUT2D eigenvalue weighted by Crippen LogP contribution is -2.17. The Bertz CT molecular complexity index is 619. The highest BCUT2D eigenvalue weighted by atomic mass is 16.2. The average molecular weight is 265 g/mol. The van der Waals surface area contributed by atoms with Crippen LogP contribution in [0.1, 0.15) is 22.8 Å². The van der Waals surface area contributed by atoms with Crippen LogP contribution in [0.2, 0.25) is 0 Å². The van der Waals surface area contributed by atoms with Crippen LogP contribution >= 0.6 is 0 Å². The molecule has 0 saturated heterocycles. The second kappa shape index (κ2) is 6.99. The highest BCUT2D eigenvalue weighted by Crippen LogP contribution is 2.04. The van der Waals surface area contributed by atoms with Crippen molar-refractivity contribution in [1.29, 1.82) is 0 Å². The number of hydrazone groups is 1. The Morgan fingerprint density at radius 1 is 1.20 bits per heavy atom. The van der Waals surface area contributed by atoms with Gasteiger partial charge in [0.05, 0.1) is 11.8 Å². The Morgan fingerprint density at radius 3 is 2.70 bits per heavy atom. The van der Waals surface area contributed by atoms with Crippen LogP contribution in [0.5, 0.6) is 0 Å². The van der Waals surface area contributed by atoms with Gasteiger partial charge in [0, 0.05) is 12.4 Å². The van der Waals surface area contributed by atoms with E-state index in [1.807, 2.05) is 43.3 Å². The number of benzene rings is 1. The first-order valence-corrected chi connectivity index (χ1v) is 6.22. The summed E-state index contributed by atoms with van der Waals surface area (Å²) in [5.41, 5.74) is 4.99. The largest absolute Gasteiger partial charge is 0.272 e. The average Bonchev–Trinajstić information content (AvgIpc) is 2.49. The summed E-state index contributed by atoms with van der Waals surface area (Å²) in [7, 11) is 0. The first-order chi connectivity index (χ1) is 9.75. The number of rotatable bonds is 4. The van der Waals surface area contributed by atoms with Gasteiger partial charge in [-0.2, -0.15) is 5.10 Å². The molecule has 20 heavy (non-hydrogen) atoms. The van der Waals surface area contributed by atoms with Gasteiger partial charge in [0.2, 0.25) is 0 Å². The van der Waals surface area contributed by atoms with E-state index in [4.69, 9.17) is 0 Å². The molecule has 1 amide bonds. The second-order valence-corrected chi connectivity index (χ2v) is 4.24. The van der Waals surface area contributed by atoms with Crippen LogP contribution in [0, 0.1) is 0 Å². The number of pyridine rings is 1. The molecule has 0 fully saturated rings.